The summed E-state index contributed by atoms with van der Waals surface area (Å²) in [5.74, 6) is -0.148. The van der Waals surface area contributed by atoms with Crippen LogP contribution in [0.3, 0.4) is 0 Å². The first-order valence-corrected chi connectivity index (χ1v) is 8.70. The van der Waals surface area contributed by atoms with Gasteiger partial charge in [-0.1, -0.05) is 6.07 Å². The number of halogens is 1. The van der Waals surface area contributed by atoms with E-state index in [1.807, 2.05) is 0 Å². The molecule has 0 radical (unpaired) electrons. The molecule has 0 aromatic heterocycles. The Labute approximate surface area is 167 Å². The summed E-state index contributed by atoms with van der Waals surface area (Å²) >= 11 is 0. The Kier molecular flexibility index (Phi) is 6.09. The number of amides is 2. The van der Waals surface area contributed by atoms with Gasteiger partial charge < -0.3 is 20.1 Å². The highest BCUT2D eigenvalue weighted by molar-refractivity contribution is 6.08. The number of hydrogen-bond acceptors (Lipinski definition) is 4. The van der Waals surface area contributed by atoms with Crippen molar-refractivity contribution in [3.05, 3.63) is 83.7 Å². The van der Waals surface area contributed by atoms with Gasteiger partial charge in [-0.2, -0.15) is 0 Å². The highest BCUT2D eigenvalue weighted by Crippen LogP contribution is 2.30. The summed E-state index contributed by atoms with van der Waals surface area (Å²) in [6, 6.07) is 16.7. The summed E-state index contributed by atoms with van der Waals surface area (Å²) in [6.45, 7) is 0. The van der Waals surface area contributed by atoms with Crippen LogP contribution in [0.5, 0.6) is 11.5 Å². The van der Waals surface area contributed by atoms with E-state index < -0.39 is 11.7 Å². The first kappa shape index (κ1) is 19.9. The van der Waals surface area contributed by atoms with Gasteiger partial charge in [0.15, 0.2) is 11.5 Å². The fourth-order valence-electron chi connectivity index (χ4n) is 2.66. The van der Waals surface area contributed by atoms with Crippen LogP contribution in [0.25, 0.3) is 0 Å². The lowest BCUT2D eigenvalue weighted by atomic mass is 10.1. The topological polar surface area (TPSA) is 76.7 Å². The van der Waals surface area contributed by atoms with Gasteiger partial charge in [-0.3, -0.25) is 9.59 Å². The third-order valence-corrected chi connectivity index (χ3v) is 4.13. The van der Waals surface area contributed by atoms with E-state index in [2.05, 4.69) is 10.6 Å². The molecule has 148 valence electrons. The molecule has 0 bridgehead atoms. The molecule has 6 nitrogen and oxygen atoms in total. The molecule has 0 aliphatic carbocycles. The average Bonchev–Trinajstić information content (AvgIpc) is 2.75. The van der Waals surface area contributed by atoms with Gasteiger partial charge in [-0.05, 0) is 54.6 Å². The monoisotopic (exact) mass is 394 g/mol. The van der Waals surface area contributed by atoms with Gasteiger partial charge in [-0.15, -0.1) is 0 Å². The van der Waals surface area contributed by atoms with Crippen molar-refractivity contribution in [2.24, 2.45) is 0 Å². The smallest absolute Gasteiger partial charge is 0.255 e. The maximum Gasteiger partial charge on any atom is 0.255 e. The molecule has 0 spiro atoms. The second-order valence-electron chi connectivity index (χ2n) is 6.07. The molecule has 3 rings (SSSR count). The largest absolute Gasteiger partial charge is 0.493 e. The molecule has 0 aliphatic rings. The number of ether oxygens (including phenoxy) is 2. The Hall–Kier alpha value is -3.87. The molecule has 0 heterocycles. The first-order chi connectivity index (χ1) is 14.0. The van der Waals surface area contributed by atoms with E-state index in [1.165, 1.54) is 44.6 Å². The molecule has 2 N–H and O–H groups in total. The molecule has 0 saturated heterocycles. The van der Waals surface area contributed by atoms with Gasteiger partial charge in [0.05, 0.1) is 14.2 Å². The lowest BCUT2D eigenvalue weighted by molar-refractivity contribution is 0.102. The van der Waals surface area contributed by atoms with E-state index >= 15 is 0 Å². The molecule has 0 atom stereocenters. The Bertz CT molecular complexity index is 1040. The molecule has 0 unspecified atom stereocenters. The van der Waals surface area contributed by atoms with E-state index in [1.54, 1.807) is 36.4 Å². The zero-order valence-electron chi connectivity index (χ0n) is 15.9. The number of rotatable bonds is 6. The first-order valence-electron chi connectivity index (χ1n) is 8.70. The van der Waals surface area contributed by atoms with Crippen LogP contribution < -0.4 is 20.1 Å². The fraction of sp³-hybridized carbons (Fsp3) is 0.0909. The standard InChI is InChI=1S/C22H19FN2O4/c1-28-19-11-10-18(13-20(19)29-2)25-22(27)15-5-3-4-14(12-15)21(26)24-17-8-6-16(23)7-9-17/h3-13H,1-2H3,(H,24,26)(H,25,27). The maximum atomic E-state index is 13.0. The van der Waals surface area contributed by atoms with Crippen LogP contribution in [0.15, 0.2) is 66.7 Å². The fourth-order valence-corrected chi connectivity index (χ4v) is 2.66. The van der Waals surface area contributed by atoms with E-state index in [-0.39, 0.29) is 5.91 Å². The Morgan fingerprint density at radius 3 is 1.86 bits per heavy atom. The van der Waals surface area contributed by atoms with E-state index in [0.29, 0.717) is 34.0 Å². The zero-order chi connectivity index (χ0) is 20.8. The van der Waals surface area contributed by atoms with Crippen LogP contribution in [0, 0.1) is 5.82 Å². The SMILES string of the molecule is COc1ccc(NC(=O)c2cccc(C(=O)Nc3ccc(F)cc3)c2)cc1OC. The highest BCUT2D eigenvalue weighted by atomic mass is 19.1. The van der Waals surface area contributed by atoms with E-state index in [4.69, 9.17) is 9.47 Å². The number of anilines is 2. The predicted octanol–water partition coefficient (Wildman–Crippen LogP) is 4.35. The van der Waals surface area contributed by atoms with Crippen molar-refractivity contribution in [3.63, 3.8) is 0 Å². The van der Waals surface area contributed by atoms with Crippen molar-refractivity contribution in [2.45, 2.75) is 0 Å². The van der Waals surface area contributed by atoms with Crippen LogP contribution >= 0.6 is 0 Å². The Balaban J connectivity index is 1.73. The van der Waals surface area contributed by atoms with Crippen molar-refractivity contribution in [1.82, 2.24) is 0 Å². The quantitative estimate of drug-likeness (QED) is 0.652. The summed E-state index contributed by atoms with van der Waals surface area (Å²) < 4.78 is 23.4. The third-order valence-electron chi connectivity index (χ3n) is 4.13. The van der Waals surface area contributed by atoms with Crippen molar-refractivity contribution in [3.8, 4) is 11.5 Å². The van der Waals surface area contributed by atoms with Crippen molar-refractivity contribution in [2.75, 3.05) is 24.9 Å². The Morgan fingerprint density at radius 2 is 1.28 bits per heavy atom. The molecule has 2 amide bonds. The number of carbonyl (C=O) groups is 2. The molecular weight excluding hydrogens is 375 g/mol. The molecule has 3 aromatic rings. The van der Waals surface area contributed by atoms with E-state index in [0.717, 1.165) is 0 Å². The normalized spacial score (nSPS) is 10.2. The summed E-state index contributed by atoms with van der Waals surface area (Å²) in [7, 11) is 3.03. The second-order valence-corrected chi connectivity index (χ2v) is 6.07. The van der Waals surface area contributed by atoms with Crippen LogP contribution in [0.4, 0.5) is 15.8 Å². The lowest BCUT2D eigenvalue weighted by Crippen LogP contribution is -2.15. The van der Waals surface area contributed by atoms with Gasteiger partial charge in [0, 0.05) is 28.6 Å². The molecule has 3 aromatic carbocycles. The predicted molar refractivity (Wildman–Crippen MR) is 108 cm³/mol. The minimum Gasteiger partial charge on any atom is -0.493 e. The summed E-state index contributed by atoms with van der Waals surface area (Å²) in [5.41, 5.74) is 1.59. The Morgan fingerprint density at radius 1 is 0.724 bits per heavy atom. The summed E-state index contributed by atoms with van der Waals surface area (Å²) in [5, 5.41) is 5.42. The number of nitrogens with one attached hydrogen (secondary N) is 2. The average molecular weight is 394 g/mol. The number of benzene rings is 3. The van der Waals surface area contributed by atoms with Gasteiger partial charge in [0.2, 0.25) is 0 Å². The number of carbonyl (C=O) groups excluding carboxylic acids is 2. The zero-order valence-corrected chi connectivity index (χ0v) is 15.9. The van der Waals surface area contributed by atoms with Crippen LogP contribution in [0.2, 0.25) is 0 Å². The second kappa shape index (κ2) is 8.88. The van der Waals surface area contributed by atoms with Gasteiger partial charge in [0.25, 0.3) is 11.8 Å². The molecule has 29 heavy (non-hydrogen) atoms. The van der Waals surface area contributed by atoms with Crippen molar-refractivity contribution in [1.29, 1.82) is 0 Å². The van der Waals surface area contributed by atoms with Crippen LogP contribution in [-0.2, 0) is 0 Å². The molecule has 7 heteroatoms. The number of hydrogen-bond donors (Lipinski definition) is 2. The van der Waals surface area contributed by atoms with Gasteiger partial charge >= 0.3 is 0 Å². The van der Waals surface area contributed by atoms with Crippen LogP contribution in [0.1, 0.15) is 20.7 Å². The number of methoxy groups -OCH3 is 2. The van der Waals surface area contributed by atoms with Gasteiger partial charge in [0.1, 0.15) is 5.82 Å². The highest BCUT2D eigenvalue weighted by Gasteiger charge is 2.12. The van der Waals surface area contributed by atoms with Gasteiger partial charge in [-0.25, -0.2) is 4.39 Å². The molecule has 0 fully saturated rings. The maximum absolute atomic E-state index is 13.0. The van der Waals surface area contributed by atoms with Crippen molar-refractivity contribution >= 4 is 23.2 Å². The minimum absolute atomic E-state index is 0.300. The van der Waals surface area contributed by atoms with Crippen molar-refractivity contribution < 1.29 is 23.5 Å². The van der Waals surface area contributed by atoms with E-state index in [9.17, 15) is 14.0 Å². The molecular formula is C22H19FN2O4. The van der Waals surface area contributed by atoms with Crippen LogP contribution in [-0.4, -0.2) is 26.0 Å². The molecule has 0 aliphatic heterocycles. The molecule has 0 saturated carbocycles. The summed E-state index contributed by atoms with van der Waals surface area (Å²) in [6.07, 6.45) is 0. The lowest BCUT2D eigenvalue weighted by Gasteiger charge is -2.11. The summed E-state index contributed by atoms with van der Waals surface area (Å²) in [4.78, 5) is 25.0. The third kappa shape index (κ3) is 4.90. The minimum atomic E-state index is -0.405.